The molecule has 8 nitrogen and oxygen atoms in total. The molecule has 2 aromatic carbocycles. The SMILES string of the molecule is O=C(Nc1nc2ccccc2s1)c1ccc(NC2=CC(=O)N(CCO)C2=O)cc1. The average Bonchev–Trinajstić information content (AvgIpc) is 3.24. The summed E-state index contributed by atoms with van der Waals surface area (Å²) < 4.78 is 0.988. The Morgan fingerprint density at radius 2 is 1.86 bits per heavy atom. The van der Waals surface area contributed by atoms with Crippen molar-refractivity contribution < 1.29 is 19.5 Å². The lowest BCUT2D eigenvalue weighted by molar-refractivity contribution is -0.137. The van der Waals surface area contributed by atoms with E-state index >= 15 is 0 Å². The van der Waals surface area contributed by atoms with Crippen LogP contribution >= 0.6 is 11.3 Å². The molecule has 4 rings (SSSR count). The molecule has 0 unspecified atom stereocenters. The van der Waals surface area contributed by atoms with Gasteiger partial charge < -0.3 is 10.4 Å². The minimum absolute atomic E-state index is 0.0514. The van der Waals surface area contributed by atoms with Crippen LogP contribution in [0.5, 0.6) is 0 Å². The fourth-order valence-electron chi connectivity index (χ4n) is 2.87. The number of rotatable bonds is 6. The zero-order chi connectivity index (χ0) is 20.4. The Kier molecular flexibility index (Phi) is 5.07. The van der Waals surface area contributed by atoms with E-state index in [4.69, 9.17) is 5.11 Å². The highest BCUT2D eigenvalue weighted by Crippen LogP contribution is 2.26. The van der Waals surface area contributed by atoms with Gasteiger partial charge in [-0.25, -0.2) is 4.98 Å². The van der Waals surface area contributed by atoms with Crippen molar-refractivity contribution in [3.05, 3.63) is 65.9 Å². The number of aliphatic hydroxyl groups is 1. The van der Waals surface area contributed by atoms with E-state index in [-0.39, 0.29) is 24.8 Å². The summed E-state index contributed by atoms with van der Waals surface area (Å²) in [6.07, 6.45) is 1.19. The molecule has 1 aliphatic rings. The van der Waals surface area contributed by atoms with Crippen LogP contribution in [-0.4, -0.2) is 45.9 Å². The van der Waals surface area contributed by atoms with Crippen molar-refractivity contribution in [1.29, 1.82) is 0 Å². The zero-order valence-corrected chi connectivity index (χ0v) is 15.9. The number of hydrogen-bond donors (Lipinski definition) is 3. The quantitative estimate of drug-likeness (QED) is 0.539. The van der Waals surface area contributed by atoms with Gasteiger partial charge in [-0.3, -0.25) is 24.6 Å². The number of carbonyl (C=O) groups excluding carboxylic acids is 3. The van der Waals surface area contributed by atoms with E-state index < -0.39 is 11.8 Å². The van der Waals surface area contributed by atoms with Gasteiger partial charge in [0.05, 0.1) is 23.4 Å². The Morgan fingerprint density at radius 1 is 1.10 bits per heavy atom. The summed E-state index contributed by atoms with van der Waals surface area (Å²) >= 11 is 1.39. The van der Waals surface area contributed by atoms with Crippen LogP contribution in [0.3, 0.4) is 0 Å². The summed E-state index contributed by atoms with van der Waals surface area (Å²) in [6, 6.07) is 14.1. The molecule has 9 heteroatoms. The molecular formula is C20H16N4O4S. The standard InChI is InChI=1S/C20H16N4O4S/c25-10-9-24-17(26)11-15(19(24)28)21-13-7-5-12(6-8-13)18(27)23-20-22-14-3-1-2-4-16(14)29-20/h1-8,11,21,25H,9-10H2,(H,22,23,27). The molecule has 0 atom stereocenters. The van der Waals surface area contributed by atoms with Gasteiger partial charge in [0, 0.05) is 17.3 Å². The normalized spacial score (nSPS) is 13.7. The number of aromatic nitrogens is 1. The summed E-state index contributed by atoms with van der Waals surface area (Å²) in [5.74, 6) is -1.27. The number of amides is 3. The molecule has 1 aliphatic heterocycles. The number of para-hydroxylation sites is 1. The first-order chi connectivity index (χ1) is 14.0. The zero-order valence-electron chi connectivity index (χ0n) is 15.1. The van der Waals surface area contributed by atoms with E-state index in [1.807, 2.05) is 24.3 Å². The van der Waals surface area contributed by atoms with Crippen LogP contribution in [0, 0.1) is 0 Å². The smallest absolute Gasteiger partial charge is 0.277 e. The molecule has 0 fully saturated rings. The summed E-state index contributed by atoms with van der Waals surface area (Å²) in [5, 5.41) is 15.1. The second-order valence-electron chi connectivity index (χ2n) is 6.22. The maximum absolute atomic E-state index is 12.5. The maximum atomic E-state index is 12.5. The van der Waals surface area contributed by atoms with Crippen LogP contribution in [0.2, 0.25) is 0 Å². The minimum atomic E-state index is -0.498. The molecule has 0 spiro atoms. The second-order valence-corrected chi connectivity index (χ2v) is 7.25. The second kappa shape index (κ2) is 7.82. The average molecular weight is 408 g/mol. The van der Waals surface area contributed by atoms with Crippen LogP contribution in [0.4, 0.5) is 10.8 Å². The number of nitrogens with one attached hydrogen (secondary N) is 2. The van der Waals surface area contributed by atoms with Crippen LogP contribution in [-0.2, 0) is 9.59 Å². The van der Waals surface area contributed by atoms with Crippen LogP contribution < -0.4 is 10.6 Å². The number of aliphatic hydroxyl groups excluding tert-OH is 1. The number of anilines is 2. The molecule has 0 saturated heterocycles. The van der Waals surface area contributed by atoms with E-state index in [2.05, 4.69) is 15.6 Å². The number of imide groups is 1. The van der Waals surface area contributed by atoms with Gasteiger partial charge in [0.25, 0.3) is 17.7 Å². The van der Waals surface area contributed by atoms with Gasteiger partial charge in [0.2, 0.25) is 0 Å². The van der Waals surface area contributed by atoms with E-state index in [0.29, 0.717) is 16.4 Å². The van der Waals surface area contributed by atoms with Gasteiger partial charge in [-0.2, -0.15) is 0 Å². The van der Waals surface area contributed by atoms with Crippen LogP contribution in [0.25, 0.3) is 10.2 Å². The molecule has 1 aromatic heterocycles. The van der Waals surface area contributed by atoms with Crippen LogP contribution in [0.1, 0.15) is 10.4 Å². The van der Waals surface area contributed by atoms with Crippen molar-refractivity contribution in [2.45, 2.75) is 0 Å². The lowest BCUT2D eigenvalue weighted by Gasteiger charge is -2.13. The molecule has 0 bridgehead atoms. The van der Waals surface area contributed by atoms with E-state index in [9.17, 15) is 14.4 Å². The monoisotopic (exact) mass is 408 g/mol. The number of β-amino-alcohol motifs (C(OH)–C–C–N with tert-alkyl or cyclic N) is 1. The molecule has 0 aliphatic carbocycles. The Hall–Kier alpha value is -3.56. The third-order valence-corrected chi connectivity index (χ3v) is 5.23. The maximum Gasteiger partial charge on any atom is 0.277 e. The lowest BCUT2D eigenvalue weighted by Crippen LogP contribution is -2.34. The molecule has 0 saturated carbocycles. The van der Waals surface area contributed by atoms with Crippen molar-refractivity contribution in [1.82, 2.24) is 9.88 Å². The molecule has 3 amide bonds. The summed E-state index contributed by atoms with van der Waals surface area (Å²) in [6.45, 7) is -0.346. The fraction of sp³-hybridized carbons (Fsp3) is 0.100. The highest BCUT2D eigenvalue weighted by atomic mass is 32.1. The number of thiazole rings is 1. The molecule has 3 N–H and O–H groups in total. The van der Waals surface area contributed by atoms with Crippen LogP contribution in [0.15, 0.2) is 60.3 Å². The summed E-state index contributed by atoms with van der Waals surface area (Å²) in [5.41, 5.74) is 1.93. The predicted molar refractivity (Wildman–Crippen MR) is 110 cm³/mol. The number of carbonyl (C=O) groups is 3. The topological polar surface area (TPSA) is 112 Å². The number of benzene rings is 2. The lowest BCUT2D eigenvalue weighted by atomic mass is 10.2. The molecule has 146 valence electrons. The Bertz CT molecular complexity index is 1100. The minimum Gasteiger partial charge on any atom is -0.395 e. The van der Waals surface area contributed by atoms with Crippen molar-refractivity contribution in [3.63, 3.8) is 0 Å². The van der Waals surface area contributed by atoms with E-state index in [1.165, 1.54) is 17.4 Å². The summed E-state index contributed by atoms with van der Waals surface area (Å²) in [7, 11) is 0. The van der Waals surface area contributed by atoms with Crippen molar-refractivity contribution >= 4 is 50.1 Å². The van der Waals surface area contributed by atoms with Gasteiger partial charge in [0.1, 0.15) is 5.70 Å². The summed E-state index contributed by atoms with van der Waals surface area (Å²) in [4.78, 5) is 41.7. The Balaban J connectivity index is 1.42. The molecule has 3 aromatic rings. The first-order valence-corrected chi connectivity index (χ1v) is 9.59. The Morgan fingerprint density at radius 3 is 2.59 bits per heavy atom. The van der Waals surface area contributed by atoms with Crippen molar-refractivity contribution in [2.75, 3.05) is 23.8 Å². The molecule has 0 radical (unpaired) electrons. The van der Waals surface area contributed by atoms with Gasteiger partial charge >= 0.3 is 0 Å². The Labute approximate surface area is 169 Å². The predicted octanol–water partition coefficient (Wildman–Crippen LogP) is 2.21. The number of hydrogen-bond acceptors (Lipinski definition) is 7. The third-order valence-electron chi connectivity index (χ3n) is 4.27. The third kappa shape index (κ3) is 3.86. The fourth-order valence-corrected chi connectivity index (χ4v) is 3.73. The first-order valence-electron chi connectivity index (χ1n) is 8.77. The van der Waals surface area contributed by atoms with E-state index in [0.717, 1.165) is 15.1 Å². The molecule has 2 heterocycles. The van der Waals surface area contributed by atoms with Gasteiger partial charge in [-0.15, -0.1) is 0 Å². The first kappa shape index (κ1) is 18.8. The number of fused-ring (bicyclic) bond motifs is 1. The van der Waals surface area contributed by atoms with Gasteiger partial charge in [-0.1, -0.05) is 23.5 Å². The van der Waals surface area contributed by atoms with Crippen molar-refractivity contribution in [2.24, 2.45) is 0 Å². The highest BCUT2D eigenvalue weighted by Gasteiger charge is 2.30. The largest absolute Gasteiger partial charge is 0.395 e. The highest BCUT2D eigenvalue weighted by molar-refractivity contribution is 7.22. The van der Waals surface area contributed by atoms with Crippen molar-refractivity contribution in [3.8, 4) is 0 Å². The van der Waals surface area contributed by atoms with E-state index in [1.54, 1.807) is 24.3 Å². The van der Waals surface area contributed by atoms with Gasteiger partial charge in [0.15, 0.2) is 5.13 Å². The molecular weight excluding hydrogens is 392 g/mol. The number of nitrogens with zero attached hydrogens (tertiary/aromatic N) is 2. The van der Waals surface area contributed by atoms with Gasteiger partial charge in [-0.05, 0) is 36.4 Å². The molecule has 29 heavy (non-hydrogen) atoms.